The van der Waals surface area contributed by atoms with Crippen LogP contribution in [0, 0.1) is 22.7 Å². The molecule has 0 unspecified atom stereocenters. The van der Waals surface area contributed by atoms with Crippen molar-refractivity contribution in [3.8, 4) is 51.2 Å². The molecule has 0 aliphatic rings. The minimum absolute atomic E-state index is 0.631. The van der Waals surface area contributed by atoms with Crippen LogP contribution in [-0.2, 0) is 0 Å². The Morgan fingerprint density at radius 1 is 0.388 bits per heavy atom. The number of hydrogen-bond donors (Lipinski definition) is 0. The molecule has 0 radical (unpaired) electrons. The first-order valence-corrected chi connectivity index (χ1v) is 16.3. The average Bonchev–Trinajstić information content (AvgIpc) is 3.50. The molecule has 49 heavy (non-hydrogen) atoms. The lowest BCUT2D eigenvalue weighted by Gasteiger charge is -2.21. The second-order valence-electron chi connectivity index (χ2n) is 12.3. The number of aromatic nitrogens is 1. The molecular formula is C46H27N3. The maximum Gasteiger partial charge on any atom is 0.0998 e. The van der Waals surface area contributed by atoms with E-state index < -0.39 is 0 Å². The summed E-state index contributed by atoms with van der Waals surface area (Å²) in [5, 5.41) is 26.9. The van der Waals surface area contributed by atoms with E-state index in [0.717, 1.165) is 76.9 Å². The first-order valence-electron chi connectivity index (χ1n) is 16.3. The molecule has 3 heteroatoms. The van der Waals surface area contributed by atoms with Gasteiger partial charge in [0.15, 0.2) is 0 Å². The van der Waals surface area contributed by atoms with Crippen LogP contribution < -0.4 is 0 Å². The third-order valence-electron chi connectivity index (χ3n) is 9.65. The van der Waals surface area contributed by atoms with Gasteiger partial charge in [-0.25, -0.2) is 0 Å². The van der Waals surface area contributed by atoms with Gasteiger partial charge in [-0.15, -0.1) is 0 Å². The van der Waals surface area contributed by atoms with Gasteiger partial charge in [0.25, 0.3) is 0 Å². The number of hydrogen-bond acceptors (Lipinski definition) is 2. The summed E-state index contributed by atoms with van der Waals surface area (Å²) in [5.74, 6) is 0. The highest BCUT2D eigenvalue weighted by Crippen LogP contribution is 2.47. The number of nitrogens with zero attached hydrogens (tertiary/aromatic N) is 3. The van der Waals surface area contributed by atoms with Crippen molar-refractivity contribution >= 4 is 43.4 Å². The summed E-state index contributed by atoms with van der Waals surface area (Å²) in [6.45, 7) is 0. The molecule has 0 saturated carbocycles. The first kappa shape index (κ1) is 28.3. The van der Waals surface area contributed by atoms with Crippen LogP contribution in [0.5, 0.6) is 0 Å². The largest absolute Gasteiger partial charge is 0.309 e. The molecule has 0 aliphatic carbocycles. The summed E-state index contributed by atoms with van der Waals surface area (Å²) >= 11 is 0. The minimum Gasteiger partial charge on any atom is -0.309 e. The Morgan fingerprint density at radius 2 is 0.980 bits per heavy atom. The highest BCUT2D eigenvalue weighted by Gasteiger charge is 2.22. The highest BCUT2D eigenvalue weighted by atomic mass is 15.0. The normalized spacial score (nSPS) is 11.2. The molecule has 0 aliphatic heterocycles. The summed E-state index contributed by atoms with van der Waals surface area (Å²) in [7, 11) is 0. The molecule has 0 bridgehead atoms. The summed E-state index contributed by atoms with van der Waals surface area (Å²) in [6.07, 6.45) is 0. The van der Waals surface area contributed by atoms with Crippen LogP contribution in [0.3, 0.4) is 0 Å². The maximum absolute atomic E-state index is 10.6. The van der Waals surface area contributed by atoms with Gasteiger partial charge in [-0.05, 0) is 91.8 Å². The topological polar surface area (TPSA) is 52.5 Å². The van der Waals surface area contributed by atoms with Crippen LogP contribution in [-0.4, -0.2) is 4.57 Å². The fraction of sp³-hybridized carbons (Fsp3) is 0. The van der Waals surface area contributed by atoms with Gasteiger partial charge in [-0.3, -0.25) is 0 Å². The fourth-order valence-corrected chi connectivity index (χ4v) is 7.60. The van der Waals surface area contributed by atoms with Crippen molar-refractivity contribution in [3.05, 3.63) is 175 Å². The Balaban J connectivity index is 1.34. The molecule has 1 aromatic heterocycles. The van der Waals surface area contributed by atoms with Crippen LogP contribution in [0.15, 0.2) is 164 Å². The van der Waals surface area contributed by atoms with Crippen molar-refractivity contribution in [1.82, 2.24) is 4.57 Å². The average molecular weight is 622 g/mol. The van der Waals surface area contributed by atoms with E-state index in [1.165, 1.54) is 5.56 Å². The Kier molecular flexibility index (Phi) is 6.58. The number of nitriles is 2. The van der Waals surface area contributed by atoms with E-state index in [9.17, 15) is 10.5 Å². The van der Waals surface area contributed by atoms with Gasteiger partial charge < -0.3 is 4.57 Å². The third kappa shape index (κ3) is 4.42. The summed E-state index contributed by atoms with van der Waals surface area (Å²) in [5.41, 5.74) is 10.7. The first-order chi connectivity index (χ1) is 24.2. The van der Waals surface area contributed by atoms with E-state index in [1.54, 1.807) is 0 Å². The van der Waals surface area contributed by atoms with E-state index in [-0.39, 0.29) is 0 Å². The molecule has 8 aromatic carbocycles. The molecule has 9 aromatic rings. The fourth-order valence-electron chi connectivity index (χ4n) is 7.60. The number of para-hydroxylation sites is 1. The molecule has 9 rings (SSSR count). The Labute approximate surface area is 283 Å². The molecule has 0 N–H and O–H groups in total. The second-order valence-corrected chi connectivity index (χ2v) is 12.3. The van der Waals surface area contributed by atoms with Gasteiger partial charge >= 0.3 is 0 Å². The Bertz CT molecular complexity index is 2790. The molecule has 0 saturated heterocycles. The summed E-state index contributed by atoms with van der Waals surface area (Å²) < 4.78 is 2.27. The van der Waals surface area contributed by atoms with E-state index >= 15 is 0 Å². The molecule has 1 heterocycles. The summed E-state index contributed by atoms with van der Waals surface area (Å²) in [6, 6.07) is 61.4. The monoisotopic (exact) mass is 621 g/mol. The lowest BCUT2D eigenvalue weighted by molar-refractivity contribution is 1.18. The quantitative estimate of drug-likeness (QED) is 0.184. The van der Waals surface area contributed by atoms with Crippen LogP contribution >= 0.6 is 0 Å². The Hall–Kier alpha value is -6.94. The van der Waals surface area contributed by atoms with Gasteiger partial charge in [0, 0.05) is 22.0 Å². The molecule has 0 atom stereocenters. The molecule has 0 fully saturated rings. The minimum atomic E-state index is 0.631. The van der Waals surface area contributed by atoms with Gasteiger partial charge in [0.05, 0.1) is 34.3 Å². The number of rotatable bonds is 4. The molecule has 0 spiro atoms. The van der Waals surface area contributed by atoms with Crippen molar-refractivity contribution in [2.75, 3.05) is 0 Å². The van der Waals surface area contributed by atoms with Crippen molar-refractivity contribution in [1.29, 1.82) is 10.5 Å². The van der Waals surface area contributed by atoms with Crippen molar-refractivity contribution in [2.45, 2.75) is 0 Å². The Morgan fingerprint density at radius 3 is 1.67 bits per heavy atom. The number of benzene rings is 8. The molecule has 3 nitrogen and oxygen atoms in total. The second kappa shape index (κ2) is 11.4. The van der Waals surface area contributed by atoms with Crippen molar-refractivity contribution in [3.63, 3.8) is 0 Å². The predicted molar refractivity (Wildman–Crippen MR) is 202 cm³/mol. The van der Waals surface area contributed by atoms with E-state index in [0.29, 0.717) is 11.1 Å². The number of fused-ring (bicyclic) bond motifs is 5. The molecule has 0 amide bonds. The van der Waals surface area contributed by atoms with Crippen LogP contribution in [0.2, 0.25) is 0 Å². The zero-order valence-corrected chi connectivity index (χ0v) is 26.4. The van der Waals surface area contributed by atoms with Gasteiger partial charge in [-0.1, -0.05) is 121 Å². The lowest BCUT2D eigenvalue weighted by atomic mass is 9.82. The summed E-state index contributed by atoms with van der Waals surface area (Å²) in [4.78, 5) is 0. The van der Waals surface area contributed by atoms with Crippen LogP contribution in [0.1, 0.15) is 11.1 Å². The SMILES string of the molecule is N#Cc1ccc2c(c1)c1ccccc1n2-c1cccc(-c2cccc(C#N)c2-c2c3ccccc3c(-c3ccccc3)c3ccccc23)c1. The van der Waals surface area contributed by atoms with Gasteiger partial charge in [0.2, 0.25) is 0 Å². The van der Waals surface area contributed by atoms with Crippen LogP contribution in [0.4, 0.5) is 0 Å². The van der Waals surface area contributed by atoms with E-state index in [2.05, 4.69) is 144 Å². The maximum atomic E-state index is 10.6. The predicted octanol–water partition coefficient (Wildman–Crippen LogP) is 11.8. The van der Waals surface area contributed by atoms with Crippen molar-refractivity contribution < 1.29 is 0 Å². The van der Waals surface area contributed by atoms with Gasteiger partial charge in [-0.2, -0.15) is 10.5 Å². The zero-order valence-electron chi connectivity index (χ0n) is 26.4. The standard InChI is InChI=1S/C46H27N3/c47-28-30-24-25-43-41(26-30)36-17-8-9-23-42(36)49(43)34-16-10-14-32(27-34)35-22-11-15-33(29-48)45(35)46-39-20-6-4-18-37(39)44(31-12-2-1-3-13-31)38-19-5-7-21-40(38)46/h1-27H. The molecule has 226 valence electrons. The van der Waals surface area contributed by atoms with Crippen LogP contribution in [0.25, 0.3) is 82.4 Å². The lowest BCUT2D eigenvalue weighted by Crippen LogP contribution is -1.97. The van der Waals surface area contributed by atoms with Crippen molar-refractivity contribution in [2.24, 2.45) is 0 Å². The van der Waals surface area contributed by atoms with E-state index in [1.807, 2.05) is 36.4 Å². The zero-order chi connectivity index (χ0) is 32.9. The third-order valence-corrected chi connectivity index (χ3v) is 9.65. The highest BCUT2D eigenvalue weighted by molar-refractivity contribution is 6.23. The van der Waals surface area contributed by atoms with E-state index in [4.69, 9.17) is 0 Å². The smallest absolute Gasteiger partial charge is 0.0998 e. The molecular weight excluding hydrogens is 595 g/mol. The van der Waals surface area contributed by atoms with Gasteiger partial charge in [0.1, 0.15) is 0 Å².